The van der Waals surface area contributed by atoms with Crippen LogP contribution in [-0.2, 0) is 0 Å². The molecular formula is C10H9ClN2S2. The van der Waals surface area contributed by atoms with Crippen molar-refractivity contribution < 1.29 is 0 Å². The third-order valence-corrected chi connectivity index (χ3v) is 3.87. The van der Waals surface area contributed by atoms with Gasteiger partial charge in [-0.15, -0.1) is 11.3 Å². The second-order valence-corrected chi connectivity index (χ2v) is 4.94. The first-order valence-electron chi connectivity index (χ1n) is 4.40. The minimum absolute atomic E-state index is 0.630. The standard InChI is InChI=1S/C10H9ClN2S2/c1-5-8(9-7(11)3-4-15-9)12-6(2)13-10(5)14/h3-4H,1-2H3,(H,12,13,14). The molecule has 0 atom stereocenters. The fourth-order valence-electron chi connectivity index (χ4n) is 1.34. The summed E-state index contributed by atoms with van der Waals surface area (Å²) in [5, 5.41) is 2.71. The van der Waals surface area contributed by atoms with E-state index in [0.29, 0.717) is 4.64 Å². The summed E-state index contributed by atoms with van der Waals surface area (Å²) >= 11 is 12.9. The highest BCUT2D eigenvalue weighted by molar-refractivity contribution is 7.71. The van der Waals surface area contributed by atoms with Gasteiger partial charge in [0, 0.05) is 5.56 Å². The lowest BCUT2D eigenvalue weighted by Gasteiger charge is -2.05. The molecule has 0 aliphatic carbocycles. The molecule has 2 heterocycles. The summed E-state index contributed by atoms with van der Waals surface area (Å²) in [5.74, 6) is 0.810. The fraction of sp³-hybridized carbons (Fsp3) is 0.200. The Morgan fingerprint density at radius 3 is 2.80 bits per heavy atom. The van der Waals surface area contributed by atoms with Gasteiger partial charge >= 0.3 is 0 Å². The van der Waals surface area contributed by atoms with Gasteiger partial charge in [0.05, 0.1) is 15.6 Å². The summed E-state index contributed by atoms with van der Waals surface area (Å²) in [6, 6.07) is 1.88. The van der Waals surface area contributed by atoms with Crippen molar-refractivity contribution >= 4 is 35.2 Å². The Morgan fingerprint density at radius 2 is 2.20 bits per heavy atom. The lowest BCUT2D eigenvalue weighted by atomic mass is 10.2. The van der Waals surface area contributed by atoms with Gasteiger partial charge in [-0.1, -0.05) is 23.8 Å². The average molecular weight is 257 g/mol. The molecule has 0 aromatic carbocycles. The molecule has 2 nitrogen and oxygen atoms in total. The highest BCUT2D eigenvalue weighted by Gasteiger charge is 2.10. The summed E-state index contributed by atoms with van der Waals surface area (Å²) in [7, 11) is 0. The van der Waals surface area contributed by atoms with E-state index in [4.69, 9.17) is 23.8 Å². The summed E-state index contributed by atoms with van der Waals surface area (Å²) in [6.07, 6.45) is 0. The van der Waals surface area contributed by atoms with Gasteiger partial charge in [-0.3, -0.25) is 0 Å². The van der Waals surface area contributed by atoms with Crippen molar-refractivity contribution in [2.75, 3.05) is 0 Å². The second-order valence-electron chi connectivity index (χ2n) is 3.23. The highest BCUT2D eigenvalue weighted by atomic mass is 35.5. The zero-order valence-electron chi connectivity index (χ0n) is 8.30. The first-order chi connectivity index (χ1) is 7.09. The van der Waals surface area contributed by atoms with Gasteiger partial charge in [-0.2, -0.15) is 0 Å². The lowest BCUT2D eigenvalue weighted by molar-refractivity contribution is 1.03. The Balaban J connectivity index is 2.73. The van der Waals surface area contributed by atoms with Gasteiger partial charge in [-0.25, -0.2) is 4.98 Å². The molecule has 0 radical (unpaired) electrons. The number of halogens is 1. The van der Waals surface area contributed by atoms with Crippen LogP contribution in [0.1, 0.15) is 11.4 Å². The highest BCUT2D eigenvalue weighted by Crippen LogP contribution is 2.33. The maximum Gasteiger partial charge on any atom is 0.133 e. The molecule has 0 saturated carbocycles. The molecule has 15 heavy (non-hydrogen) atoms. The number of hydrogen-bond acceptors (Lipinski definition) is 3. The van der Waals surface area contributed by atoms with Crippen LogP contribution >= 0.6 is 35.2 Å². The number of rotatable bonds is 1. The molecule has 0 amide bonds. The van der Waals surface area contributed by atoms with Crippen molar-refractivity contribution in [1.82, 2.24) is 9.97 Å². The van der Waals surface area contributed by atoms with E-state index < -0.39 is 0 Å². The smallest absolute Gasteiger partial charge is 0.133 e. The Labute approximate surface area is 102 Å². The second kappa shape index (κ2) is 4.04. The molecular weight excluding hydrogens is 248 g/mol. The zero-order chi connectivity index (χ0) is 11.0. The van der Waals surface area contributed by atoms with Gasteiger partial charge in [-0.05, 0) is 25.3 Å². The van der Waals surface area contributed by atoms with Crippen molar-refractivity contribution in [1.29, 1.82) is 0 Å². The Hall–Kier alpha value is -0.710. The van der Waals surface area contributed by atoms with Crippen molar-refractivity contribution in [2.45, 2.75) is 13.8 Å². The molecule has 0 bridgehead atoms. The summed E-state index contributed by atoms with van der Waals surface area (Å²) < 4.78 is 0.630. The van der Waals surface area contributed by atoms with Crippen LogP contribution in [0, 0.1) is 18.5 Å². The number of nitrogens with zero attached hydrogens (tertiary/aromatic N) is 1. The van der Waals surface area contributed by atoms with E-state index in [0.717, 1.165) is 27.0 Å². The Bertz CT molecular complexity index is 557. The molecule has 0 aliphatic heterocycles. The van der Waals surface area contributed by atoms with Crippen LogP contribution in [0.15, 0.2) is 11.4 Å². The molecule has 0 fully saturated rings. The molecule has 2 aromatic heterocycles. The van der Waals surface area contributed by atoms with E-state index >= 15 is 0 Å². The molecule has 1 N–H and O–H groups in total. The van der Waals surface area contributed by atoms with Crippen molar-refractivity contribution in [3.05, 3.63) is 32.5 Å². The van der Waals surface area contributed by atoms with E-state index in [1.807, 2.05) is 25.3 Å². The van der Waals surface area contributed by atoms with E-state index in [1.54, 1.807) is 11.3 Å². The fourth-order valence-corrected chi connectivity index (χ4v) is 2.79. The molecule has 0 spiro atoms. The number of aromatic nitrogens is 2. The van der Waals surface area contributed by atoms with Crippen molar-refractivity contribution in [3.63, 3.8) is 0 Å². The monoisotopic (exact) mass is 256 g/mol. The van der Waals surface area contributed by atoms with E-state index in [9.17, 15) is 0 Å². The normalized spacial score (nSPS) is 10.6. The summed E-state index contributed by atoms with van der Waals surface area (Å²) in [5.41, 5.74) is 1.95. The number of aromatic amines is 1. The first kappa shape index (κ1) is 10.8. The number of H-pyrrole nitrogens is 1. The van der Waals surface area contributed by atoms with Crippen LogP contribution in [0.25, 0.3) is 10.6 Å². The van der Waals surface area contributed by atoms with Crippen molar-refractivity contribution in [3.8, 4) is 10.6 Å². The molecule has 0 saturated heterocycles. The van der Waals surface area contributed by atoms with Crippen LogP contribution < -0.4 is 0 Å². The maximum absolute atomic E-state index is 6.09. The van der Waals surface area contributed by atoms with Gasteiger partial charge in [0.15, 0.2) is 0 Å². The third kappa shape index (κ3) is 1.97. The zero-order valence-corrected chi connectivity index (χ0v) is 10.7. The van der Waals surface area contributed by atoms with Crippen LogP contribution in [-0.4, -0.2) is 9.97 Å². The molecule has 5 heteroatoms. The van der Waals surface area contributed by atoms with Crippen LogP contribution in [0.3, 0.4) is 0 Å². The third-order valence-electron chi connectivity index (χ3n) is 2.12. The van der Waals surface area contributed by atoms with E-state index in [-0.39, 0.29) is 0 Å². The Morgan fingerprint density at radius 1 is 1.47 bits per heavy atom. The quantitative estimate of drug-likeness (QED) is 0.777. The van der Waals surface area contributed by atoms with Gasteiger partial charge in [0.1, 0.15) is 10.5 Å². The first-order valence-corrected chi connectivity index (χ1v) is 6.07. The predicted octanol–water partition coefficient (Wildman–Crippen LogP) is 4.14. The van der Waals surface area contributed by atoms with Crippen LogP contribution in [0.5, 0.6) is 0 Å². The summed E-state index contributed by atoms with van der Waals surface area (Å²) in [6.45, 7) is 3.84. The number of thiophene rings is 1. The van der Waals surface area contributed by atoms with Crippen molar-refractivity contribution in [2.24, 2.45) is 0 Å². The number of aryl methyl sites for hydroxylation is 1. The van der Waals surface area contributed by atoms with Gasteiger partial charge < -0.3 is 4.98 Å². The molecule has 2 rings (SSSR count). The SMILES string of the molecule is Cc1nc(=S)c(C)c(-c2sccc2Cl)[nH]1. The Kier molecular flexibility index (Phi) is 2.91. The topological polar surface area (TPSA) is 28.7 Å². The maximum atomic E-state index is 6.09. The van der Waals surface area contributed by atoms with Gasteiger partial charge in [0.25, 0.3) is 0 Å². The molecule has 78 valence electrons. The predicted molar refractivity (Wildman–Crippen MR) is 67.2 cm³/mol. The lowest BCUT2D eigenvalue weighted by Crippen LogP contribution is -1.95. The number of nitrogens with one attached hydrogen (secondary N) is 1. The molecule has 0 aliphatic rings. The van der Waals surface area contributed by atoms with E-state index in [1.165, 1.54) is 0 Å². The minimum atomic E-state index is 0.630. The largest absolute Gasteiger partial charge is 0.342 e. The van der Waals surface area contributed by atoms with Crippen LogP contribution in [0.2, 0.25) is 5.02 Å². The minimum Gasteiger partial charge on any atom is -0.342 e. The average Bonchev–Trinajstić information content (AvgIpc) is 2.58. The van der Waals surface area contributed by atoms with Crippen LogP contribution in [0.4, 0.5) is 0 Å². The molecule has 0 unspecified atom stereocenters. The van der Waals surface area contributed by atoms with E-state index in [2.05, 4.69) is 9.97 Å². The van der Waals surface area contributed by atoms with Gasteiger partial charge in [0.2, 0.25) is 0 Å². The molecule has 2 aromatic rings. The number of hydrogen-bond donors (Lipinski definition) is 1. The summed E-state index contributed by atoms with van der Waals surface area (Å²) in [4.78, 5) is 8.42.